The Morgan fingerprint density at radius 3 is 2.33 bits per heavy atom. The van der Waals surface area contributed by atoms with Crippen LogP contribution in [0.2, 0.25) is 0 Å². The fourth-order valence-electron chi connectivity index (χ4n) is 3.75. The molecule has 36 heavy (non-hydrogen) atoms. The molecule has 0 aliphatic heterocycles. The number of nitrogens with one attached hydrogen (secondary N) is 1. The number of carboxylic acids is 1. The predicted octanol–water partition coefficient (Wildman–Crippen LogP) is 5.12. The monoisotopic (exact) mass is 491 g/mol. The molecule has 0 saturated heterocycles. The van der Waals surface area contributed by atoms with Crippen LogP contribution in [0.1, 0.15) is 43.0 Å². The summed E-state index contributed by atoms with van der Waals surface area (Å²) >= 11 is 0. The van der Waals surface area contributed by atoms with Crippen LogP contribution >= 0.6 is 0 Å². The molecule has 0 aromatic heterocycles. The van der Waals surface area contributed by atoms with Gasteiger partial charge in [-0.15, -0.1) is 0 Å². The maximum Gasteiger partial charge on any atom is 0.407 e. The van der Waals surface area contributed by atoms with Crippen molar-refractivity contribution in [3.05, 3.63) is 89.0 Å². The molecule has 0 heterocycles. The zero-order valence-corrected chi connectivity index (χ0v) is 20.9. The Bertz CT molecular complexity index is 1200. The fourth-order valence-corrected chi connectivity index (χ4v) is 3.75. The summed E-state index contributed by atoms with van der Waals surface area (Å²) in [4.78, 5) is 23.2. The average Bonchev–Trinajstić information content (AvgIpc) is 2.81. The van der Waals surface area contributed by atoms with Crippen LogP contribution in [0, 0.1) is 0 Å². The topological polar surface area (TPSA) is 105 Å². The molecule has 7 heteroatoms. The summed E-state index contributed by atoms with van der Waals surface area (Å²) in [6.45, 7) is 6.05. The van der Waals surface area contributed by atoms with E-state index in [1.165, 1.54) is 0 Å². The average molecular weight is 492 g/mol. The Kier molecular flexibility index (Phi) is 9.08. The number of alkyl carbamates (subject to hydrolysis) is 1. The van der Waals surface area contributed by atoms with Gasteiger partial charge in [-0.05, 0) is 73.2 Å². The fraction of sp³-hybridized carbons (Fsp3) is 0.310. The van der Waals surface area contributed by atoms with Crippen LogP contribution in [0.3, 0.4) is 0 Å². The molecular weight excluding hydrogens is 458 g/mol. The van der Waals surface area contributed by atoms with Gasteiger partial charge in [0, 0.05) is 18.7 Å². The maximum atomic E-state index is 12.0. The number of aliphatic hydroxyl groups excluding tert-OH is 1. The molecule has 3 aromatic carbocycles. The second-order valence-corrected chi connectivity index (χ2v) is 9.53. The van der Waals surface area contributed by atoms with E-state index in [9.17, 15) is 14.7 Å². The molecule has 0 saturated carbocycles. The van der Waals surface area contributed by atoms with Gasteiger partial charge < -0.3 is 25.0 Å². The van der Waals surface area contributed by atoms with E-state index in [0.717, 1.165) is 27.8 Å². The number of rotatable bonds is 10. The molecule has 3 aromatic rings. The third kappa shape index (κ3) is 8.43. The second kappa shape index (κ2) is 12.2. The van der Waals surface area contributed by atoms with Gasteiger partial charge in [0.15, 0.2) is 0 Å². The molecule has 3 rings (SSSR count). The van der Waals surface area contributed by atoms with Crippen molar-refractivity contribution in [1.82, 2.24) is 5.32 Å². The van der Waals surface area contributed by atoms with Crippen molar-refractivity contribution in [3.63, 3.8) is 0 Å². The Morgan fingerprint density at radius 1 is 0.889 bits per heavy atom. The van der Waals surface area contributed by atoms with E-state index in [-0.39, 0.29) is 19.6 Å². The van der Waals surface area contributed by atoms with Crippen molar-refractivity contribution in [2.75, 3.05) is 6.61 Å². The summed E-state index contributed by atoms with van der Waals surface area (Å²) in [7, 11) is 0. The number of carboxylic acid groups (broad SMARTS) is 1. The van der Waals surface area contributed by atoms with Gasteiger partial charge in [0.25, 0.3) is 0 Å². The number of para-hydroxylation sites is 1. The second-order valence-electron chi connectivity index (χ2n) is 9.53. The first-order valence-electron chi connectivity index (χ1n) is 11.9. The summed E-state index contributed by atoms with van der Waals surface area (Å²) in [5.41, 5.74) is 4.76. The number of hydrogen-bond donors (Lipinski definition) is 3. The Balaban J connectivity index is 1.79. The minimum absolute atomic E-state index is 0.0189. The largest absolute Gasteiger partial charge is 0.489 e. The molecular formula is C29H33NO6. The van der Waals surface area contributed by atoms with E-state index in [4.69, 9.17) is 14.6 Å². The zero-order valence-electron chi connectivity index (χ0n) is 20.9. The lowest BCUT2D eigenvalue weighted by molar-refractivity contribution is -0.136. The van der Waals surface area contributed by atoms with Gasteiger partial charge >= 0.3 is 12.1 Å². The van der Waals surface area contributed by atoms with E-state index in [1.54, 1.807) is 18.2 Å². The van der Waals surface area contributed by atoms with E-state index in [0.29, 0.717) is 24.3 Å². The Hall–Kier alpha value is -3.84. The quantitative estimate of drug-likeness (QED) is 0.364. The van der Waals surface area contributed by atoms with Crippen molar-refractivity contribution >= 4 is 12.1 Å². The van der Waals surface area contributed by atoms with Gasteiger partial charge in [0.2, 0.25) is 0 Å². The predicted molar refractivity (Wildman–Crippen MR) is 138 cm³/mol. The van der Waals surface area contributed by atoms with Crippen LogP contribution in [0.25, 0.3) is 11.1 Å². The minimum atomic E-state index is -0.917. The first-order chi connectivity index (χ1) is 17.1. The molecule has 7 nitrogen and oxygen atoms in total. The van der Waals surface area contributed by atoms with Crippen molar-refractivity contribution < 1.29 is 29.3 Å². The van der Waals surface area contributed by atoms with Crippen LogP contribution in [-0.2, 0) is 35.5 Å². The summed E-state index contributed by atoms with van der Waals surface area (Å²) < 4.78 is 11.3. The molecule has 190 valence electrons. The molecule has 0 atom stereocenters. The van der Waals surface area contributed by atoms with Crippen LogP contribution in [0.5, 0.6) is 5.75 Å². The van der Waals surface area contributed by atoms with E-state index >= 15 is 0 Å². The summed E-state index contributed by atoms with van der Waals surface area (Å²) in [5, 5.41) is 21.5. The van der Waals surface area contributed by atoms with Gasteiger partial charge in [-0.3, -0.25) is 4.79 Å². The third-order valence-corrected chi connectivity index (χ3v) is 5.26. The molecule has 0 aliphatic rings. The van der Waals surface area contributed by atoms with Crippen molar-refractivity contribution in [2.45, 2.75) is 52.4 Å². The van der Waals surface area contributed by atoms with Crippen molar-refractivity contribution in [2.24, 2.45) is 0 Å². The zero-order chi connectivity index (χ0) is 26.1. The number of amides is 1. The van der Waals surface area contributed by atoms with Crippen LogP contribution in [0.15, 0.2) is 66.7 Å². The van der Waals surface area contributed by atoms with Gasteiger partial charge in [0.05, 0.1) is 6.42 Å². The first kappa shape index (κ1) is 26.8. The van der Waals surface area contributed by atoms with Crippen molar-refractivity contribution in [1.29, 1.82) is 0 Å². The lowest BCUT2D eigenvalue weighted by Gasteiger charge is -2.19. The first-order valence-corrected chi connectivity index (χ1v) is 11.9. The molecule has 0 bridgehead atoms. The maximum absolute atomic E-state index is 12.0. The van der Waals surface area contributed by atoms with Crippen LogP contribution in [0.4, 0.5) is 4.79 Å². The standard InChI is InChI=1S/C29H33NO6/c1-29(2,3)36-28(34)30-18-21-7-6-9-23(15-21)25-14-20(11-12-31)13-22(16-25)19-35-26-10-5-4-8-24(26)17-27(32)33/h4-10,13-16,31H,11-12,17-19H2,1-3H3,(H,30,34)(H,32,33). The normalized spacial score (nSPS) is 11.1. The molecule has 0 radical (unpaired) electrons. The number of hydrogen-bond acceptors (Lipinski definition) is 5. The smallest absolute Gasteiger partial charge is 0.407 e. The number of ether oxygens (including phenoxy) is 2. The van der Waals surface area contributed by atoms with Crippen LogP contribution < -0.4 is 10.1 Å². The molecule has 1 amide bonds. The number of aliphatic hydroxyl groups is 1. The van der Waals surface area contributed by atoms with Gasteiger partial charge in [-0.25, -0.2) is 4.79 Å². The van der Waals surface area contributed by atoms with Gasteiger partial charge in [0.1, 0.15) is 18.0 Å². The van der Waals surface area contributed by atoms with Crippen LogP contribution in [-0.4, -0.2) is 34.5 Å². The number of carbonyl (C=O) groups excluding carboxylic acids is 1. The molecule has 0 unspecified atom stereocenters. The summed E-state index contributed by atoms with van der Waals surface area (Å²) in [6, 6.07) is 21.0. The minimum Gasteiger partial charge on any atom is -0.489 e. The molecule has 0 spiro atoms. The highest BCUT2D eigenvalue weighted by Crippen LogP contribution is 2.26. The summed E-state index contributed by atoms with van der Waals surface area (Å²) in [6.07, 6.45) is -0.0904. The highest BCUT2D eigenvalue weighted by atomic mass is 16.6. The van der Waals surface area contributed by atoms with E-state index < -0.39 is 17.7 Å². The molecule has 0 fully saturated rings. The van der Waals surface area contributed by atoms with Crippen molar-refractivity contribution in [3.8, 4) is 16.9 Å². The number of aliphatic carboxylic acids is 1. The van der Waals surface area contributed by atoms with Gasteiger partial charge in [-0.2, -0.15) is 0 Å². The van der Waals surface area contributed by atoms with E-state index in [2.05, 4.69) is 5.32 Å². The number of benzene rings is 3. The molecule has 0 aliphatic carbocycles. The summed E-state index contributed by atoms with van der Waals surface area (Å²) in [5.74, 6) is -0.386. The van der Waals surface area contributed by atoms with Gasteiger partial charge in [-0.1, -0.05) is 48.5 Å². The Morgan fingerprint density at radius 2 is 1.61 bits per heavy atom. The lowest BCUT2D eigenvalue weighted by atomic mass is 9.97. The Labute approximate surface area is 211 Å². The van der Waals surface area contributed by atoms with E-state index in [1.807, 2.05) is 69.3 Å². The number of carbonyl (C=O) groups is 2. The lowest BCUT2D eigenvalue weighted by Crippen LogP contribution is -2.32. The molecule has 3 N–H and O–H groups in total. The highest BCUT2D eigenvalue weighted by Gasteiger charge is 2.16. The third-order valence-electron chi connectivity index (χ3n) is 5.26. The highest BCUT2D eigenvalue weighted by molar-refractivity contribution is 5.71. The SMILES string of the molecule is CC(C)(C)OC(=O)NCc1cccc(-c2cc(CCO)cc(COc3ccccc3CC(=O)O)c2)c1.